The first kappa shape index (κ1) is 10.8. The Bertz CT molecular complexity index is 576. The number of hydrazone groups is 1. The number of phenolic OH excluding ortho intramolecular Hbond substituents is 1. The third-order valence-corrected chi connectivity index (χ3v) is 1.85. The molecule has 2 rings (SSSR count). The van der Waals surface area contributed by atoms with E-state index in [4.69, 9.17) is 5.11 Å². The van der Waals surface area contributed by atoms with E-state index in [1.165, 1.54) is 12.4 Å². The largest absolute Gasteiger partial charge is 0.508 e. The van der Waals surface area contributed by atoms with Gasteiger partial charge >= 0.3 is 5.69 Å². The summed E-state index contributed by atoms with van der Waals surface area (Å²) < 4.78 is 0. The number of hydrogen-bond acceptors (Lipinski definition) is 6. The van der Waals surface area contributed by atoms with E-state index in [-0.39, 0.29) is 11.6 Å². The van der Waals surface area contributed by atoms with Crippen LogP contribution in [0.25, 0.3) is 0 Å². The molecular formula is C10H9N5O2. The highest BCUT2D eigenvalue weighted by atomic mass is 16.3. The summed E-state index contributed by atoms with van der Waals surface area (Å²) in [6, 6.07) is 6.50. The topological polar surface area (TPSA) is 103 Å². The first-order valence-corrected chi connectivity index (χ1v) is 4.74. The zero-order chi connectivity index (χ0) is 12.1. The minimum Gasteiger partial charge on any atom is -0.508 e. The zero-order valence-electron chi connectivity index (χ0n) is 8.66. The summed E-state index contributed by atoms with van der Waals surface area (Å²) in [6.07, 6.45) is 2.87. The van der Waals surface area contributed by atoms with Crippen LogP contribution < -0.4 is 11.1 Å². The van der Waals surface area contributed by atoms with Crippen LogP contribution in [-0.2, 0) is 0 Å². The maximum absolute atomic E-state index is 10.8. The van der Waals surface area contributed by atoms with Crippen LogP contribution in [0.5, 0.6) is 5.75 Å². The van der Waals surface area contributed by atoms with Gasteiger partial charge < -0.3 is 5.11 Å². The molecule has 1 aromatic heterocycles. The number of aromatic amines is 1. The maximum atomic E-state index is 10.8. The van der Waals surface area contributed by atoms with Crippen LogP contribution in [0, 0.1) is 0 Å². The van der Waals surface area contributed by atoms with E-state index in [1.807, 2.05) is 0 Å². The number of H-pyrrole nitrogens is 1. The molecule has 3 N–H and O–H groups in total. The summed E-state index contributed by atoms with van der Waals surface area (Å²) in [6.45, 7) is 0. The quantitative estimate of drug-likeness (QED) is 0.521. The summed E-state index contributed by atoms with van der Waals surface area (Å²) in [5.41, 5.74) is 2.81. The van der Waals surface area contributed by atoms with Gasteiger partial charge in [0.2, 0.25) is 0 Å². The average Bonchev–Trinajstić information content (AvgIpc) is 2.32. The van der Waals surface area contributed by atoms with Crippen molar-refractivity contribution in [3.8, 4) is 5.75 Å². The molecular weight excluding hydrogens is 222 g/mol. The normalized spacial score (nSPS) is 10.6. The molecule has 7 heteroatoms. The minimum absolute atomic E-state index is 0.190. The van der Waals surface area contributed by atoms with E-state index in [9.17, 15) is 4.79 Å². The summed E-state index contributed by atoms with van der Waals surface area (Å²) in [7, 11) is 0. The predicted molar refractivity (Wildman–Crippen MR) is 62.0 cm³/mol. The summed E-state index contributed by atoms with van der Waals surface area (Å²) in [5.74, 6) is 0.444. The van der Waals surface area contributed by atoms with Crippen molar-refractivity contribution in [1.82, 2.24) is 15.2 Å². The fourth-order valence-corrected chi connectivity index (χ4v) is 1.10. The Morgan fingerprint density at radius 3 is 2.82 bits per heavy atom. The van der Waals surface area contributed by atoms with Gasteiger partial charge in [0.15, 0.2) is 5.82 Å². The van der Waals surface area contributed by atoms with Crippen molar-refractivity contribution in [3.63, 3.8) is 0 Å². The molecule has 1 heterocycles. The second kappa shape index (κ2) is 4.88. The predicted octanol–water partition coefficient (Wildman–Crippen LogP) is 0.316. The smallest absolute Gasteiger partial charge is 0.363 e. The molecule has 0 radical (unpaired) electrons. The van der Waals surface area contributed by atoms with Crippen LogP contribution >= 0.6 is 0 Å². The molecule has 86 valence electrons. The van der Waals surface area contributed by atoms with Crippen LogP contribution in [0.3, 0.4) is 0 Å². The summed E-state index contributed by atoms with van der Waals surface area (Å²) in [5, 5.41) is 18.6. The van der Waals surface area contributed by atoms with Crippen LogP contribution in [0.1, 0.15) is 5.56 Å². The van der Waals surface area contributed by atoms with Crippen molar-refractivity contribution in [1.29, 1.82) is 0 Å². The molecule has 0 saturated heterocycles. The lowest BCUT2D eigenvalue weighted by Crippen LogP contribution is -2.13. The lowest BCUT2D eigenvalue weighted by atomic mass is 10.2. The molecule has 1 aromatic carbocycles. The third-order valence-electron chi connectivity index (χ3n) is 1.85. The number of aromatic hydroxyl groups is 1. The van der Waals surface area contributed by atoms with Crippen molar-refractivity contribution in [2.75, 3.05) is 5.43 Å². The van der Waals surface area contributed by atoms with Crippen molar-refractivity contribution in [3.05, 3.63) is 46.5 Å². The second-order valence-corrected chi connectivity index (χ2v) is 3.13. The Balaban J connectivity index is 2.02. The van der Waals surface area contributed by atoms with Gasteiger partial charge in [0.1, 0.15) is 5.75 Å². The van der Waals surface area contributed by atoms with Gasteiger partial charge in [0.25, 0.3) is 0 Å². The van der Waals surface area contributed by atoms with E-state index in [0.29, 0.717) is 0 Å². The highest BCUT2D eigenvalue weighted by molar-refractivity contribution is 5.80. The number of phenols is 1. The fraction of sp³-hybridized carbons (Fsp3) is 0. The molecule has 7 nitrogen and oxygen atoms in total. The molecule has 17 heavy (non-hydrogen) atoms. The maximum Gasteiger partial charge on any atom is 0.363 e. The van der Waals surface area contributed by atoms with Gasteiger partial charge in [0, 0.05) is 0 Å². The molecule has 2 aromatic rings. The summed E-state index contributed by atoms with van der Waals surface area (Å²) in [4.78, 5) is 14.4. The fourth-order valence-electron chi connectivity index (χ4n) is 1.10. The molecule has 0 amide bonds. The second-order valence-electron chi connectivity index (χ2n) is 3.13. The van der Waals surface area contributed by atoms with Crippen LogP contribution in [0.15, 0.2) is 40.4 Å². The first-order valence-electron chi connectivity index (χ1n) is 4.74. The van der Waals surface area contributed by atoms with Crippen molar-refractivity contribution in [2.45, 2.75) is 0 Å². The van der Waals surface area contributed by atoms with E-state index >= 15 is 0 Å². The van der Waals surface area contributed by atoms with Gasteiger partial charge in [-0.2, -0.15) is 15.2 Å². The van der Waals surface area contributed by atoms with Gasteiger partial charge in [-0.05, 0) is 29.8 Å². The van der Waals surface area contributed by atoms with Crippen LogP contribution in [0.2, 0.25) is 0 Å². The van der Waals surface area contributed by atoms with Gasteiger partial charge in [-0.1, -0.05) is 0 Å². The van der Waals surface area contributed by atoms with Gasteiger partial charge in [-0.3, -0.25) is 5.43 Å². The zero-order valence-corrected chi connectivity index (χ0v) is 8.66. The number of benzene rings is 1. The highest BCUT2D eigenvalue weighted by Gasteiger charge is 1.92. The molecule has 0 aliphatic carbocycles. The standard InChI is InChI=1S/C10H9N5O2/c16-8-3-1-7(2-4-8)5-11-14-9-6-12-15-10(17)13-9/h1-6,16H,(H2,13,14,15,17)/b11-5+. The molecule has 0 atom stereocenters. The Labute approximate surface area is 95.9 Å². The van der Waals surface area contributed by atoms with Crippen molar-refractivity contribution >= 4 is 12.0 Å². The lowest BCUT2D eigenvalue weighted by molar-refractivity contribution is 0.475. The van der Waals surface area contributed by atoms with Gasteiger partial charge in [-0.15, -0.1) is 0 Å². The van der Waals surface area contributed by atoms with Crippen LogP contribution in [0.4, 0.5) is 5.82 Å². The van der Waals surface area contributed by atoms with Crippen molar-refractivity contribution < 1.29 is 5.11 Å². The number of anilines is 1. The Hall–Kier alpha value is -2.70. The number of nitrogens with one attached hydrogen (secondary N) is 2. The number of nitrogens with zero attached hydrogens (tertiary/aromatic N) is 3. The molecule has 0 bridgehead atoms. The number of aromatic nitrogens is 3. The van der Waals surface area contributed by atoms with Crippen molar-refractivity contribution in [2.24, 2.45) is 5.10 Å². The third kappa shape index (κ3) is 3.13. The number of hydrogen-bond donors (Lipinski definition) is 3. The highest BCUT2D eigenvalue weighted by Crippen LogP contribution is 2.07. The van der Waals surface area contributed by atoms with E-state index in [1.54, 1.807) is 24.3 Å². The SMILES string of the molecule is O=c1nc(N/N=C/c2ccc(O)cc2)cn[nH]1. The first-order chi connectivity index (χ1) is 8.24. The van der Waals surface area contributed by atoms with Crippen LogP contribution in [-0.4, -0.2) is 26.5 Å². The van der Waals surface area contributed by atoms with Gasteiger partial charge in [0.05, 0.1) is 12.4 Å². The number of rotatable bonds is 3. The lowest BCUT2D eigenvalue weighted by Gasteiger charge is -1.96. The molecule has 0 aliphatic rings. The van der Waals surface area contributed by atoms with E-state index in [0.717, 1.165) is 5.56 Å². The molecule has 0 fully saturated rings. The van der Waals surface area contributed by atoms with E-state index < -0.39 is 5.69 Å². The average molecular weight is 231 g/mol. The molecule has 0 saturated carbocycles. The summed E-state index contributed by atoms with van der Waals surface area (Å²) >= 11 is 0. The van der Waals surface area contributed by atoms with E-state index in [2.05, 4.69) is 25.7 Å². The minimum atomic E-state index is -0.546. The Morgan fingerprint density at radius 2 is 2.12 bits per heavy atom. The molecule has 0 aliphatic heterocycles. The van der Waals surface area contributed by atoms with Gasteiger partial charge in [-0.25, -0.2) is 9.89 Å². The monoisotopic (exact) mass is 231 g/mol. The Morgan fingerprint density at radius 1 is 1.35 bits per heavy atom. The Kier molecular flexibility index (Phi) is 3.10. The molecule has 0 unspecified atom stereocenters. The molecule has 0 spiro atoms.